The van der Waals surface area contributed by atoms with Gasteiger partial charge in [-0.1, -0.05) is 91.2 Å². The number of carbonyl (C=O) groups is 3. The molecule has 0 radical (unpaired) electrons. The van der Waals surface area contributed by atoms with Gasteiger partial charge in [0, 0.05) is 0 Å². The summed E-state index contributed by atoms with van der Waals surface area (Å²) < 4.78 is 0.249. The Bertz CT molecular complexity index is 647. The normalized spacial score (nSPS) is 15.5. The van der Waals surface area contributed by atoms with Gasteiger partial charge in [-0.05, 0) is 57.8 Å². The van der Waals surface area contributed by atoms with Gasteiger partial charge in [0.05, 0.1) is 26.2 Å². The Hall–Kier alpha value is -1.89. The maximum absolute atomic E-state index is 12.0. The second kappa shape index (κ2) is 23.8. The van der Waals surface area contributed by atoms with Crippen LogP contribution in [0.15, 0.2) is 12.2 Å². The lowest BCUT2D eigenvalue weighted by atomic mass is 9.95. The van der Waals surface area contributed by atoms with Gasteiger partial charge in [-0.25, -0.2) is 0 Å². The van der Waals surface area contributed by atoms with Crippen molar-refractivity contribution in [1.82, 2.24) is 0 Å². The average Bonchev–Trinajstić information content (AvgIpc) is 2.92. The van der Waals surface area contributed by atoms with E-state index in [1.54, 1.807) is 0 Å². The molecule has 3 unspecified atom stereocenters. The number of allylic oxidation sites excluding steroid dienone is 2. The van der Waals surface area contributed by atoms with Crippen LogP contribution in [0.4, 0.5) is 0 Å². The number of quaternary nitrogens is 1. The summed E-state index contributed by atoms with van der Waals surface area (Å²) in [6.07, 6.45) is 22.8. The molecule has 40 heavy (non-hydrogen) atoms. The number of rotatable bonds is 28. The van der Waals surface area contributed by atoms with Crippen LogP contribution in [-0.2, 0) is 14.4 Å². The summed E-state index contributed by atoms with van der Waals surface area (Å²) in [7, 11) is 0. The first-order valence-corrected chi connectivity index (χ1v) is 16.3. The van der Waals surface area contributed by atoms with Gasteiger partial charge in [0.1, 0.15) is 17.8 Å². The topological polar surface area (TPSA) is 112 Å². The summed E-state index contributed by atoms with van der Waals surface area (Å²) in [5.74, 6) is -4.54. The Morgan fingerprint density at radius 3 is 1.18 bits per heavy atom. The molecular weight excluding hydrogens is 506 g/mol. The van der Waals surface area contributed by atoms with Gasteiger partial charge in [0.15, 0.2) is 0 Å². The first kappa shape index (κ1) is 38.1. The molecule has 0 saturated carbocycles. The third-order valence-electron chi connectivity index (χ3n) is 8.49. The summed E-state index contributed by atoms with van der Waals surface area (Å²) in [5, 5.41) is 29.4. The zero-order chi connectivity index (χ0) is 30.2. The van der Waals surface area contributed by atoms with E-state index in [1.165, 1.54) is 51.4 Å². The van der Waals surface area contributed by atoms with Crippen LogP contribution in [0.2, 0.25) is 0 Å². The fourth-order valence-electron chi connectivity index (χ4n) is 5.74. The molecule has 0 spiro atoms. The standard InChI is InChI=1S/C33H61NO6/c1-5-9-10-11-12-13-14-15-16-17-18-19-20-21-22-23-24-34(25-28(6-2)31(35)36,26-29(7-3)32(37)38)27-30(8-4)33(39)40/h17-18,28-30H,5-16,19-27H2,1-4H3,(H2-,35,36,37,38,39,40)/p+1/b18-17+. The highest BCUT2D eigenvalue weighted by molar-refractivity contribution is 5.71. The molecule has 0 fully saturated rings. The molecule has 0 bridgehead atoms. The highest BCUT2D eigenvalue weighted by atomic mass is 16.4. The lowest BCUT2D eigenvalue weighted by molar-refractivity contribution is -0.935. The molecule has 0 rings (SSSR count). The van der Waals surface area contributed by atoms with E-state index in [-0.39, 0.29) is 24.1 Å². The van der Waals surface area contributed by atoms with Gasteiger partial charge in [0.2, 0.25) is 0 Å². The van der Waals surface area contributed by atoms with Crippen LogP contribution >= 0.6 is 0 Å². The van der Waals surface area contributed by atoms with E-state index in [9.17, 15) is 29.7 Å². The molecule has 0 amide bonds. The van der Waals surface area contributed by atoms with Crippen LogP contribution in [-0.4, -0.2) is 63.9 Å². The van der Waals surface area contributed by atoms with Gasteiger partial charge in [0.25, 0.3) is 0 Å². The van der Waals surface area contributed by atoms with Crippen molar-refractivity contribution < 1.29 is 34.2 Å². The van der Waals surface area contributed by atoms with Crippen molar-refractivity contribution in [2.75, 3.05) is 26.2 Å². The van der Waals surface area contributed by atoms with E-state index in [0.717, 1.165) is 38.5 Å². The quantitative estimate of drug-likeness (QED) is 0.0498. The zero-order valence-electron chi connectivity index (χ0n) is 26.2. The number of nitrogens with zero attached hydrogens (tertiary/aromatic N) is 1. The van der Waals surface area contributed by atoms with Crippen molar-refractivity contribution in [3.63, 3.8) is 0 Å². The van der Waals surface area contributed by atoms with Gasteiger partial charge < -0.3 is 19.8 Å². The predicted octanol–water partition coefficient (Wildman–Crippen LogP) is 8.17. The fourth-order valence-corrected chi connectivity index (χ4v) is 5.74. The maximum Gasteiger partial charge on any atom is 0.312 e. The number of carboxylic acid groups (broad SMARTS) is 3. The molecule has 7 heteroatoms. The lowest BCUT2D eigenvalue weighted by Gasteiger charge is -2.43. The van der Waals surface area contributed by atoms with E-state index in [4.69, 9.17) is 0 Å². The first-order valence-electron chi connectivity index (χ1n) is 16.3. The van der Waals surface area contributed by atoms with E-state index in [0.29, 0.717) is 25.8 Å². The Labute approximate surface area is 245 Å². The molecular formula is C33H62NO6+. The molecule has 0 aliphatic rings. The van der Waals surface area contributed by atoms with E-state index in [1.807, 2.05) is 20.8 Å². The predicted molar refractivity (Wildman–Crippen MR) is 163 cm³/mol. The summed E-state index contributed by atoms with van der Waals surface area (Å²) in [6, 6.07) is 0. The van der Waals surface area contributed by atoms with Crippen molar-refractivity contribution in [1.29, 1.82) is 0 Å². The Kier molecular flexibility index (Phi) is 22.7. The second-order valence-corrected chi connectivity index (χ2v) is 11.9. The van der Waals surface area contributed by atoms with Crippen LogP contribution in [0.1, 0.15) is 137 Å². The average molecular weight is 569 g/mol. The minimum Gasteiger partial charge on any atom is -0.481 e. The summed E-state index contributed by atoms with van der Waals surface area (Å²) >= 11 is 0. The molecule has 3 atom stereocenters. The molecule has 0 aromatic heterocycles. The van der Waals surface area contributed by atoms with Crippen LogP contribution in [0, 0.1) is 17.8 Å². The molecule has 7 nitrogen and oxygen atoms in total. The van der Waals surface area contributed by atoms with Crippen molar-refractivity contribution in [2.24, 2.45) is 17.8 Å². The van der Waals surface area contributed by atoms with Gasteiger partial charge in [-0.3, -0.25) is 14.4 Å². The minimum absolute atomic E-state index is 0.249. The lowest BCUT2D eigenvalue weighted by Crippen LogP contribution is -2.58. The fraction of sp³-hybridized carbons (Fsp3) is 0.848. The van der Waals surface area contributed by atoms with Crippen LogP contribution in [0.5, 0.6) is 0 Å². The maximum atomic E-state index is 12.0. The molecule has 0 aromatic rings. The molecule has 3 N–H and O–H groups in total. The third kappa shape index (κ3) is 17.7. The number of unbranched alkanes of at least 4 members (excludes halogenated alkanes) is 12. The molecule has 0 saturated heterocycles. The summed E-state index contributed by atoms with van der Waals surface area (Å²) in [5.41, 5.74) is 0. The van der Waals surface area contributed by atoms with Crippen molar-refractivity contribution in [3.8, 4) is 0 Å². The third-order valence-corrected chi connectivity index (χ3v) is 8.49. The van der Waals surface area contributed by atoms with E-state index < -0.39 is 35.7 Å². The van der Waals surface area contributed by atoms with Crippen LogP contribution in [0.3, 0.4) is 0 Å². The van der Waals surface area contributed by atoms with E-state index in [2.05, 4.69) is 19.1 Å². The Morgan fingerprint density at radius 1 is 0.525 bits per heavy atom. The summed E-state index contributed by atoms with van der Waals surface area (Å²) in [4.78, 5) is 35.9. The first-order chi connectivity index (χ1) is 19.2. The van der Waals surface area contributed by atoms with Crippen molar-refractivity contribution >= 4 is 17.9 Å². The minimum atomic E-state index is -0.893. The van der Waals surface area contributed by atoms with Crippen LogP contribution in [0.25, 0.3) is 0 Å². The Morgan fingerprint density at radius 2 is 0.850 bits per heavy atom. The Balaban J connectivity index is 4.92. The van der Waals surface area contributed by atoms with Crippen LogP contribution < -0.4 is 0 Å². The summed E-state index contributed by atoms with van der Waals surface area (Å²) in [6.45, 7) is 9.20. The van der Waals surface area contributed by atoms with E-state index >= 15 is 0 Å². The smallest absolute Gasteiger partial charge is 0.312 e. The highest BCUT2D eigenvalue weighted by Gasteiger charge is 2.40. The second-order valence-electron chi connectivity index (χ2n) is 11.9. The number of aliphatic carboxylic acids is 3. The highest BCUT2D eigenvalue weighted by Crippen LogP contribution is 2.25. The van der Waals surface area contributed by atoms with Gasteiger partial charge in [-0.2, -0.15) is 0 Å². The molecule has 0 aliphatic heterocycles. The zero-order valence-corrected chi connectivity index (χ0v) is 26.2. The van der Waals surface area contributed by atoms with Gasteiger partial charge in [-0.15, -0.1) is 0 Å². The molecule has 0 aliphatic carbocycles. The van der Waals surface area contributed by atoms with Crippen molar-refractivity contribution in [2.45, 2.75) is 137 Å². The molecule has 0 aromatic carbocycles. The number of hydrogen-bond acceptors (Lipinski definition) is 3. The molecule has 0 heterocycles. The monoisotopic (exact) mass is 568 g/mol. The number of carboxylic acids is 3. The number of hydrogen-bond donors (Lipinski definition) is 3. The molecule has 234 valence electrons. The SMILES string of the molecule is CCCCCCCCCC/C=C/CCCCCC[N+](CC(CC)C(=O)O)(CC(CC)C(=O)O)CC(CC)C(=O)O. The van der Waals surface area contributed by atoms with Gasteiger partial charge >= 0.3 is 17.9 Å². The van der Waals surface area contributed by atoms with Crippen molar-refractivity contribution in [3.05, 3.63) is 12.2 Å². The largest absolute Gasteiger partial charge is 0.481 e.